The Kier molecular flexibility index (Phi) is 7.70. The van der Waals surface area contributed by atoms with E-state index in [1.54, 1.807) is 23.9 Å². The van der Waals surface area contributed by atoms with Crippen LogP contribution in [-0.4, -0.2) is 21.6 Å². The highest BCUT2D eigenvalue weighted by Gasteiger charge is 2.46. The van der Waals surface area contributed by atoms with Gasteiger partial charge in [0.25, 0.3) is 5.91 Å². The number of aromatic carboxylic acids is 1. The SMILES string of the molecule is O=C(O)c1ccc(C2(NC(=O)c3cc(Sc4ccccc4)cc4ccn(Cc5ccc(-c6ccc(Cl)cc6)cc5)c34)CC2)cc1. The molecule has 6 aromatic rings. The third-order valence-electron chi connectivity index (χ3n) is 8.33. The molecule has 222 valence electrons. The minimum absolute atomic E-state index is 0.145. The highest BCUT2D eigenvalue weighted by atomic mass is 35.5. The summed E-state index contributed by atoms with van der Waals surface area (Å²) in [6.07, 6.45) is 3.64. The molecule has 1 aromatic heterocycles. The predicted molar refractivity (Wildman–Crippen MR) is 180 cm³/mol. The second kappa shape index (κ2) is 12.0. The number of carboxylic acids is 1. The lowest BCUT2D eigenvalue weighted by molar-refractivity contribution is 0.0696. The van der Waals surface area contributed by atoms with Crippen molar-refractivity contribution in [2.24, 2.45) is 0 Å². The lowest BCUT2D eigenvalue weighted by Crippen LogP contribution is -2.35. The molecule has 1 aliphatic carbocycles. The molecule has 5 nitrogen and oxygen atoms in total. The molecule has 0 radical (unpaired) electrons. The Labute approximate surface area is 270 Å². The summed E-state index contributed by atoms with van der Waals surface area (Å²) in [5, 5.41) is 14.4. The molecule has 7 rings (SSSR count). The van der Waals surface area contributed by atoms with Crippen LogP contribution < -0.4 is 5.32 Å². The van der Waals surface area contributed by atoms with E-state index in [9.17, 15) is 14.7 Å². The fourth-order valence-electron chi connectivity index (χ4n) is 5.78. The molecule has 0 aliphatic heterocycles. The van der Waals surface area contributed by atoms with Crippen molar-refractivity contribution in [3.63, 3.8) is 0 Å². The van der Waals surface area contributed by atoms with E-state index in [2.05, 4.69) is 58.4 Å². The van der Waals surface area contributed by atoms with E-state index < -0.39 is 11.5 Å². The number of benzene rings is 5. The largest absolute Gasteiger partial charge is 0.478 e. The third kappa shape index (κ3) is 6.12. The smallest absolute Gasteiger partial charge is 0.335 e. The summed E-state index contributed by atoms with van der Waals surface area (Å²) in [7, 11) is 0. The van der Waals surface area contributed by atoms with Gasteiger partial charge in [-0.1, -0.05) is 90.1 Å². The van der Waals surface area contributed by atoms with Gasteiger partial charge in [0, 0.05) is 32.9 Å². The summed E-state index contributed by atoms with van der Waals surface area (Å²) in [5.41, 5.74) is 5.48. The van der Waals surface area contributed by atoms with Gasteiger partial charge in [-0.2, -0.15) is 0 Å². The zero-order valence-corrected chi connectivity index (χ0v) is 25.8. The molecule has 0 atom stereocenters. The number of rotatable bonds is 9. The van der Waals surface area contributed by atoms with E-state index in [-0.39, 0.29) is 11.5 Å². The van der Waals surface area contributed by atoms with Crippen molar-refractivity contribution >= 4 is 46.1 Å². The highest BCUT2D eigenvalue weighted by Crippen LogP contribution is 2.46. The number of nitrogens with zero attached hydrogens (tertiary/aromatic N) is 1. The molecular weight excluding hydrogens is 600 g/mol. The number of nitrogens with one attached hydrogen (secondary N) is 1. The van der Waals surface area contributed by atoms with Crippen LogP contribution in [-0.2, 0) is 12.1 Å². The van der Waals surface area contributed by atoms with Crippen LogP contribution in [0.2, 0.25) is 5.02 Å². The molecule has 7 heteroatoms. The highest BCUT2D eigenvalue weighted by molar-refractivity contribution is 7.99. The minimum Gasteiger partial charge on any atom is -0.478 e. The first-order chi connectivity index (χ1) is 21.9. The van der Waals surface area contributed by atoms with Crippen molar-refractivity contribution in [1.82, 2.24) is 9.88 Å². The maximum atomic E-state index is 14.2. The Balaban J connectivity index is 1.22. The van der Waals surface area contributed by atoms with E-state index in [0.717, 1.165) is 55.8 Å². The van der Waals surface area contributed by atoms with Crippen molar-refractivity contribution in [2.45, 2.75) is 34.7 Å². The van der Waals surface area contributed by atoms with Crippen molar-refractivity contribution < 1.29 is 14.7 Å². The number of carbonyl (C=O) groups is 2. The van der Waals surface area contributed by atoms with Crippen LogP contribution in [0.5, 0.6) is 0 Å². The second-order valence-electron chi connectivity index (χ2n) is 11.4. The lowest BCUT2D eigenvalue weighted by atomic mass is 10.0. The normalized spacial score (nSPS) is 13.4. The van der Waals surface area contributed by atoms with E-state index >= 15 is 0 Å². The van der Waals surface area contributed by atoms with Gasteiger partial charge in [0.15, 0.2) is 0 Å². The molecule has 1 heterocycles. The fourth-order valence-corrected chi connectivity index (χ4v) is 6.83. The molecule has 45 heavy (non-hydrogen) atoms. The van der Waals surface area contributed by atoms with Gasteiger partial charge in [0.2, 0.25) is 0 Å². The maximum Gasteiger partial charge on any atom is 0.335 e. The zero-order chi connectivity index (χ0) is 31.0. The van der Waals surface area contributed by atoms with Gasteiger partial charge < -0.3 is 15.0 Å². The van der Waals surface area contributed by atoms with Gasteiger partial charge in [-0.05, 0) is 89.7 Å². The predicted octanol–water partition coefficient (Wildman–Crippen LogP) is 9.28. The Morgan fingerprint density at radius 3 is 2.11 bits per heavy atom. The van der Waals surface area contributed by atoms with Crippen LogP contribution in [0.15, 0.2) is 137 Å². The van der Waals surface area contributed by atoms with Gasteiger partial charge in [-0.25, -0.2) is 4.79 Å². The van der Waals surface area contributed by atoms with Crippen LogP contribution in [0.1, 0.15) is 44.7 Å². The van der Waals surface area contributed by atoms with Crippen molar-refractivity contribution in [3.05, 3.63) is 155 Å². The molecule has 0 saturated heterocycles. The first kappa shape index (κ1) is 29.0. The van der Waals surface area contributed by atoms with Crippen LogP contribution in [0.3, 0.4) is 0 Å². The molecule has 0 spiro atoms. The summed E-state index contributed by atoms with van der Waals surface area (Å²) in [6.45, 7) is 0.609. The summed E-state index contributed by atoms with van der Waals surface area (Å²) in [5.74, 6) is -1.11. The molecule has 1 aliphatic rings. The van der Waals surface area contributed by atoms with E-state index in [4.69, 9.17) is 11.6 Å². The second-order valence-corrected chi connectivity index (χ2v) is 13.0. The van der Waals surface area contributed by atoms with E-state index in [0.29, 0.717) is 17.1 Å². The van der Waals surface area contributed by atoms with E-state index in [1.807, 2.05) is 66.9 Å². The Morgan fingerprint density at radius 1 is 0.800 bits per heavy atom. The number of carbonyl (C=O) groups excluding carboxylic acids is 1. The number of amides is 1. The maximum absolute atomic E-state index is 14.2. The topological polar surface area (TPSA) is 71.3 Å². The van der Waals surface area contributed by atoms with Gasteiger partial charge in [-0.15, -0.1) is 0 Å². The Bertz CT molecular complexity index is 2020. The minimum atomic E-state index is -0.967. The number of hydrogen-bond donors (Lipinski definition) is 2. The van der Waals surface area contributed by atoms with Gasteiger partial charge in [0.1, 0.15) is 0 Å². The summed E-state index contributed by atoms with van der Waals surface area (Å²) >= 11 is 7.70. The first-order valence-corrected chi connectivity index (χ1v) is 15.9. The number of halogens is 1. The van der Waals surface area contributed by atoms with Crippen LogP contribution in [0.25, 0.3) is 22.0 Å². The van der Waals surface area contributed by atoms with Crippen LogP contribution in [0, 0.1) is 0 Å². The summed E-state index contributed by atoms with van der Waals surface area (Å²) in [6, 6.07) is 39.4. The lowest BCUT2D eigenvalue weighted by Gasteiger charge is -2.20. The molecule has 1 fully saturated rings. The molecule has 5 aromatic carbocycles. The number of aromatic nitrogens is 1. The number of carboxylic acid groups (broad SMARTS) is 1. The Hall–Kier alpha value is -4.78. The van der Waals surface area contributed by atoms with Crippen LogP contribution in [0.4, 0.5) is 0 Å². The number of fused-ring (bicyclic) bond motifs is 1. The molecule has 2 N–H and O–H groups in total. The summed E-state index contributed by atoms with van der Waals surface area (Å²) < 4.78 is 2.14. The first-order valence-electron chi connectivity index (χ1n) is 14.7. The number of hydrogen-bond acceptors (Lipinski definition) is 3. The molecule has 1 saturated carbocycles. The van der Waals surface area contributed by atoms with E-state index in [1.165, 1.54) is 0 Å². The van der Waals surface area contributed by atoms with Crippen molar-refractivity contribution in [1.29, 1.82) is 0 Å². The average Bonchev–Trinajstić information content (AvgIpc) is 3.74. The van der Waals surface area contributed by atoms with Crippen molar-refractivity contribution in [2.75, 3.05) is 0 Å². The fraction of sp³-hybridized carbons (Fsp3) is 0.105. The molecule has 0 bridgehead atoms. The van der Waals surface area contributed by atoms with Crippen LogP contribution >= 0.6 is 23.4 Å². The molecule has 1 amide bonds. The van der Waals surface area contributed by atoms with Gasteiger partial charge in [0.05, 0.1) is 22.2 Å². The monoisotopic (exact) mass is 628 g/mol. The quantitative estimate of drug-likeness (QED) is 0.167. The van der Waals surface area contributed by atoms with Gasteiger partial charge in [-0.3, -0.25) is 4.79 Å². The standard InChI is InChI=1S/C38H29ClN2O3S/c39-31-16-12-27(13-17-31)26-8-6-25(7-9-26)24-41-21-18-29-22-33(45-32-4-2-1-3-5-32)23-34(35(29)41)36(42)40-38(19-20-38)30-14-10-28(11-15-30)37(43)44/h1-18,21-23H,19-20,24H2,(H,40,42)(H,43,44). The summed E-state index contributed by atoms with van der Waals surface area (Å²) in [4.78, 5) is 27.6. The Morgan fingerprint density at radius 2 is 1.47 bits per heavy atom. The zero-order valence-electron chi connectivity index (χ0n) is 24.2. The molecular formula is C38H29ClN2O3S. The van der Waals surface area contributed by atoms with Gasteiger partial charge >= 0.3 is 5.97 Å². The molecule has 0 unspecified atom stereocenters. The van der Waals surface area contributed by atoms with Crippen molar-refractivity contribution in [3.8, 4) is 11.1 Å². The third-order valence-corrected chi connectivity index (χ3v) is 9.56. The average molecular weight is 629 g/mol.